The van der Waals surface area contributed by atoms with Gasteiger partial charge in [0.15, 0.2) is 5.82 Å². The van der Waals surface area contributed by atoms with Crippen molar-refractivity contribution in [1.29, 1.82) is 0 Å². The number of rotatable bonds is 3. The van der Waals surface area contributed by atoms with Crippen LogP contribution < -0.4 is 4.74 Å². The molecule has 104 valence electrons. The van der Waals surface area contributed by atoms with E-state index in [1.54, 1.807) is 7.11 Å². The molecule has 0 bridgehead atoms. The Labute approximate surface area is 124 Å². The fourth-order valence-corrected chi connectivity index (χ4v) is 2.95. The van der Waals surface area contributed by atoms with Gasteiger partial charge in [-0.1, -0.05) is 36.6 Å². The van der Waals surface area contributed by atoms with Crippen molar-refractivity contribution >= 4 is 11.6 Å². The quantitative estimate of drug-likeness (QED) is 0.782. The van der Waals surface area contributed by atoms with E-state index in [0.717, 1.165) is 17.0 Å². The van der Waals surface area contributed by atoms with Crippen LogP contribution in [0.3, 0.4) is 0 Å². The van der Waals surface area contributed by atoms with E-state index in [1.165, 1.54) is 25.7 Å². The molecule has 2 aromatic rings. The summed E-state index contributed by atoms with van der Waals surface area (Å²) in [6, 6.07) is 9.66. The number of hydrogen-bond donors (Lipinski definition) is 0. The Bertz CT molecular complexity index is 609. The molecule has 0 atom stereocenters. The Morgan fingerprint density at radius 2 is 1.95 bits per heavy atom. The van der Waals surface area contributed by atoms with Gasteiger partial charge in [-0.15, -0.1) is 0 Å². The summed E-state index contributed by atoms with van der Waals surface area (Å²) in [6.45, 7) is 0. The van der Waals surface area contributed by atoms with Crippen LogP contribution in [0, 0.1) is 0 Å². The van der Waals surface area contributed by atoms with Crippen molar-refractivity contribution in [3.63, 3.8) is 0 Å². The minimum atomic E-state index is 0.514. The lowest BCUT2D eigenvalue weighted by Gasteiger charge is -2.11. The fourth-order valence-electron chi connectivity index (χ4n) is 2.76. The number of benzene rings is 1. The van der Waals surface area contributed by atoms with Gasteiger partial charge in [0, 0.05) is 17.2 Å². The smallest absolute Gasteiger partial charge is 0.161 e. The summed E-state index contributed by atoms with van der Waals surface area (Å²) < 4.78 is 5.25. The Morgan fingerprint density at radius 1 is 1.15 bits per heavy atom. The molecule has 1 fully saturated rings. The predicted molar refractivity (Wildman–Crippen MR) is 80.2 cm³/mol. The van der Waals surface area contributed by atoms with Gasteiger partial charge in [-0.2, -0.15) is 0 Å². The van der Waals surface area contributed by atoms with E-state index in [-0.39, 0.29) is 0 Å². The number of aromatic nitrogens is 2. The highest BCUT2D eigenvalue weighted by Crippen LogP contribution is 2.34. The maximum Gasteiger partial charge on any atom is 0.161 e. The molecular formula is C16H17ClN2O. The van der Waals surface area contributed by atoms with Crippen molar-refractivity contribution in [3.8, 4) is 17.1 Å². The van der Waals surface area contributed by atoms with Gasteiger partial charge in [-0.05, 0) is 31.0 Å². The lowest BCUT2D eigenvalue weighted by atomic mass is 10.0. The molecule has 0 unspecified atom stereocenters. The van der Waals surface area contributed by atoms with Crippen molar-refractivity contribution < 1.29 is 4.74 Å². The highest BCUT2D eigenvalue weighted by Gasteiger charge is 2.20. The van der Waals surface area contributed by atoms with Gasteiger partial charge in [-0.3, -0.25) is 0 Å². The Hall–Kier alpha value is -1.61. The number of halogens is 1. The topological polar surface area (TPSA) is 35.0 Å². The molecule has 1 saturated carbocycles. The van der Waals surface area contributed by atoms with Gasteiger partial charge < -0.3 is 4.74 Å². The third-order valence-electron chi connectivity index (χ3n) is 3.82. The Balaban J connectivity index is 1.99. The van der Waals surface area contributed by atoms with Crippen LogP contribution in [0.25, 0.3) is 11.4 Å². The summed E-state index contributed by atoms with van der Waals surface area (Å²) in [4.78, 5) is 9.06. The van der Waals surface area contributed by atoms with E-state index in [0.29, 0.717) is 16.9 Å². The predicted octanol–water partition coefficient (Wildman–Crippen LogP) is 4.46. The second kappa shape index (κ2) is 5.80. The van der Waals surface area contributed by atoms with Gasteiger partial charge in [0.05, 0.1) is 7.11 Å². The minimum absolute atomic E-state index is 0.514. The normalized spacial score (nSPS) is 15.5. The maximum atomic E-state index is 6.17. The van der Waals surface area contributed by atoms with Crippen LogP contribution in [0.2, 0.25) is 5.15 Å². The first kappa shape index (κ1) is 13.4. The van der Waals surface area contributed by atoms with Gasteiger partial charge in [0.25, 0.3) is 0 Å². The molecule has 3 nitrogen and oxygen atoms in total. The van der Waals surface area contributed by atoms with E-state index >= 15 is 0 Å². The SMILES string of the molecule is COc1cccc(-c2nc(Cl)cc(C3CCCC3)n2)c1. The fraction of sp³-hybridized carbons (Fsp3) is 0.375. The van der Waals surface area contributed by atoms with E-state index in [2.05, 4.69) is 4.98 Å². The van der Waals surface area contributed by atoms with Crippen LogP contribution in [0.4, 0.5) is 0 Å². The number of methoxy groups -OCH3 is 1. The summed E-state index contributed by atoms with van der Waals surface area (Å²) >= 11 is 6.17. The van der Waals surface area contributed by atoms with E-state index in [9.17, 15) is 0 Å². The van der Waals surface area contributed by atoms with Gasteiger partial charge >= 0.3 is 0 Å². The molecule has 1 aromatic carbocycles. The zero-order valence-corrected chi connectivity index (χ0v) is 12.2. The van der Waals surface area contributed by atoms with Crippen LogP contribution in [0.5, 0.6) is 5.75 Å². The first-order valence-electron chi connectivity index (χ1n) is 6.95. The van der Waals surface area contributed by atoms with Crippen LogP contribution in [-0.2, 0) is 0 Å². The van der Waals surface area contributed by atoms with Crippen molar-refractivity contribution in [1.82, 2.24) is 9.97 Å². The van der Waals surface area contributed by atoms with E-state index < -0.39 is 0 Å². The molecule has 1 aliphatic carbocycles. The van der Waals surface area contributed by atoms with Crippen LogP contribution >= 0.6 is 11.6 Å². The highest BCUT2D eigenvalue weighted by atomic mass is 35.5. The van der Waals surface area contributed by atoms with Crippen molar-refractivity contribution in [2.75, 3.05) is 7.11 Å². The molecule has 1 aliphatic rings. The molecule has 1 aromatic heterocycles. The van der Waals surface area contributed by atoms with Crippen LogP contribution in [0.15, 0.2) is 30.3 Å². The molecule has 1 heterocycles. The summed E-state index contributed by atoms with van der Waals surface area (Å²) in [5.74, 6) is 2.01. The molecule has 0 saturated heterocycles. The molecule has 3 rings (SSSR count). The molecule has 0 spiro atoms. The molecule has 20 heavy (non-hydrogen) atoms. The van der Waals surface area contributed by atoms with Gasteiger partial charge in [0.1, 0.15) is 10.9 Å². The third kappa shape index (κ3) is 2.78. The Kier molecular flexibility index (Phi) is 3.88. The second-order valence-electron chi connectivity index (χ2n) is 5.15. The largest absolute Gasteiger partial charge is 0.497 e. The Morgan fingerprint density at radius 3 is 2.70 bits per heavy atom. The second-order valence-corrected chi connectivity index (χ2v) is 5.54. The van der Waals surface area contributed by atoms with Crippen LogP contribution in [-0.4, -0.2) is 17.1 Å². The van der Waals surface area contributed by atoms with Crippen molar-refractivity contribution in [2.45, 2.75) is 31.6 Å². The van der Waals surface area contributed by atoms with Gasteiger partial charge in [0.2, 0.25) is 0 Å². The standard InChI is InChI=1S/C16H17ClN2O/c1-20-13-8-4-7-12(9-13)16-18-14(10-15(17)19-16)11-5-2-3-6-11/h4,7-11H,2-3,5-6H2,1H3. The lowest BCUT2D eigenvalue weighted by Crippen LogP contribution is -2.00. The molecule has 0 aliphatic heterocycles. The zero-order chi connectivity index (χ0) is 13.9. The average molecular weight is 289 g/mol. The zero-order valence-electron chi connectivity index (χ0n) is 11.5. The molecule has 0 N–H and O–H groups in total. The van der Waals surface area contributed by atoms with E-state index in [4.69, 9.17) is 21.3 Å². The number of nitrogens with zero attached hydrogens (tertiary/aromatic N) is 2. The first-order valence-corrected chi connectivity index (χ1v) is 7.33. The number of hydrogen-bond acceptors (Lipinski definition) is 3. The monoisotopic (exact) mass is 288 g/mol. The third-order valence-corrected chi connectivity index (χ3v) is 4.01. The summed E-state index contributed by atoms with van der Waals surface area (Å²) in [7, 11) is 1.65. The first-order chi connectivity index (χ1) is 9.76. The van der Waals surface area contributed by atoms with E-state index in [1.807, 2.05) is 30.3 Å². The summed E-state index contributed by atoms with van der Waals surface area (Å²) in [5.41, 5.74) is 2.01. The minimum Gasteiger partial charge on any atom is -0.497 e. The maximum absolute atomic E-state index is 6.17. The highest BCUT2D eigenvalue weighted by molar-refractivity contribution is 6.29. The molecular weight excluding hydrogens is 272 g/mol. The van der Waals surface area contributed by atoms with Crippen molar-refractivity contribution in [2.24, 2.45) is 0 Å². The van der Waals surface area contributed by atoms with Gasteiger partial charge in [-0.25, -0.2) is 9.97 Å². The average Bonchev–Trinajstić information content (AvgIpc) is 3.01. The molecule has 4 heteroatoms. The molecule has 0 amide bonds. The molecule has 0 radical (unpaired) electrons. The van der Waals surface area contributed by atoms with Crippen LogP contribution in [0.1, 0.15) is 37.3 Å². The summed E-state index contributed by atoms with van der Waals surface area (Å²) in [6.07, 6.45) is 4.96. The number of ether oxygens (including phenoxy) is 1. The lowest BCUT2D eigenvalue weighted by molar-refractivity contribution is 0.415. The van der Waals surface area contributed by atoms with Crippen molar-refractivity contribution in [3.05, 3.63) is 41.2 Å². The summed E-state index contributed by atoms with van der Waals surface area (Å²) in [5, 5.41) is 0.514.